The molecule has 0 aliphatic heterocycles. The van der Waals surface area contributed by atoms with Crippen molar-refractivity contribution in [3.63, 3.8) is 0 Å². The Morgan fingerprint density at radius 1 is 1.20 bits per heavy atom. The fourth-order valence-electron chi connectivity index (χ4n) is 1.55. The summed E-state index contributed by atoms with van der Waals surface area (Å²) in [6, 6.07) is -1.99. The summed E-state index contributed by atoms with van der Waals surface area (Å²) < 4.78 is 104. The molecule has 1 amide bonds. The Hall–Kier alpha value is -2.41. The molecular weight excluding hydrogens is 374 g/mol. The van der Waals surface area contributed by atoms with Gasteiger partial charge >= 0.3 is 30.2 Å². The van der Waals surface area contributed by atoms with Crippen LogP contribution >= 0.6 is 0 Å². The van der Waals surface area contributed by atoms with Gasteiger partial charge in [0, 0.05) is 18.3 Å². The molecule has 1 aromatic heterocycles. The number of amides is 1. The molecule has 0 saturated carbocycles. The number of carbonyl (C=O) groups is 2. The number of imidazole rings is 1. The second kappa shape index (κ2) is 6.84. The van der Waals surface area contributed by atoms with Crippen molar-refractivity contribution in [2.45, 2.75) is 30.7 Å². The smallest absolute Gasteiger partial charge is 0.467 e. The lowest BCUT2D eigenvalue weighted by Gasteiger charge is -2.18. The maximum atomic E-state index is 13.1. The third-order valence-electron chi connectivity index (χ3n) is 2.75. The maximum absolute atomic E-state index is 13.1. The average Bonchev–Trinajstić information content (AvgIpc) is 2.92. The Bertz CT molecular complexity index is 637. The molecule has 0 aliphatic rings. The number of halogens is 8. The molecule has 0 fully saturated rings. The zero-order valence-electron chi connectivity index (χ0n) is 12.1. The first-order valence-electron chi connectivity index (χ1n) is 6.14. The summed E-state index contributed by atoms with van der Waals surface area (Å²) >= 11 is 0. The fraction of sp³-hybridized carbons (Fsp3) is 0.545. The zero-order valence-corrected chi connectivity index (χ0v) is 12.1. The van der Waals surface area contributed by atoms with Crippen molar-refractivity contribution in [2.75, 3.05) is 7.11 Å². The highest BCUT2D eigenvalue weighted by Crippen LogP contribution is 2.42. The van der Waals surface area contributed by atoms with E-state index in [1.54, 1.807) is 4.98 Å². The van der Waals surface area contributed by atoms with E-state index in [-0.39, 0.29) is 0 Å². The van der Waals surface area contributed by atoms with Crippen LogP contribution in [0.25, 0.3) is 0 Å². The van der Waals surface area contributed by atoms with E-state index in [1.165, 1.54) is 5.32 Å². The highest BCUT2D eigenvalue weighted by molar-refractivity contribution is 5.87. The number of ether oxygens (including phenoxy) is 1. The predicted octanol–water partition coefficient (Wildman–Crippen LogP) is 1.83. The fourth-order valence-corrected chi connectivity index (χ4v) is 1.55. The van der Waals surface area contributed by atoms with E-state index in [9.17, 15) is 44.7 Å². The van der Waals surface area contributed by atoms with Crippen LogP contribution in [0.15, 0.2) is 6.20 Å². The zero-order chi connectivity index (χ0) is 19.6. The number of rotatable bonds is 5. The molecule has 0 spiro atoms. The minimum atomic E-state index is -5.96. The molecule has 1 aromatic rings. The summed E-state index contributed by atoms with van der Waals surface area (Å²) in [5.74, 6) is -11.1. The summed E-state index contributed by atoms with van der Waals surface area (Å²) in [4.78, 5) is 26.6. The number of esters is 1. The number of methoxy groups -OCH3 is 1. The number of hydrogen-bond acceptors (Lipinski definition) is 4. The Kier molecular flexibility index (Phi) is 5.64. The number of carbonyl (C=O) groups excluding carboxylic acids is 2. The number of aromatic nitrogens is 2. The average molecular weight is 383 g/mol. The van der Waals surface area contributed by atoms with Crippen molar-refractivity contribution in [1.82, 2.24) is 15.3 Å². The molecule has 1 unspecified atom stereocenters. The Morgan fingerprint density at radius 3 is 2.20 bits per heavy atom. The van der Waals surface area contributed by atoms with Crippen LogP contribution < -0.4 is 5.32 Å². The topological polar surface area (TPSA) is 84.1 Å². The van der Waals surface area contributed by atoms with E-state index in [4.69, 9.17) is 0 Å². The summed E-state index contributed by atoms with van der Waals surface area (Å²) in [7, 11) is 0.769. The second-order valence-electron chi connectivity index (χ2n) is 4.58. The monoisotopic (exact) mass is 383 g/mol. The molecular formula is C11H9F8N3O3. The van der Waals surface area contributed by atoms with Gasteiger partial charge in [-0.15, -0.1) is 0 Å². The van der Waals surface area contributed by atoms with Crippen molar-refractivity contribution in [3.8, 4) is 0 Å². The van der Waals surface area contributed by atoms with Gasteiger partial charge in [-0.05, 0) is 0 Å². The van der Waals surface area contributed by atoms with E-state index in [0.29, 0.717) is 6.20 Å². The molecule has 0 aromatic carbocycles. The third-order valence-corrected chi connectivity index (χ3v) is 2.75. The molecule has 142 valence electrons. The highest BCUT2D eigenvalue weighted by atomic mass is 19.4. The predicted molar refractivity (Wildman–Crippen MR) is 62.2 cm³/mol. The molecule has 0 radical (unpaired) electrons. The van der Waals surface area contributed by atoms with Gasteiger partial charge in [0.15, 0.2) is 5.82 Å². The van der Waals surface area contributed by atoms with Crippen molar-refractivity contribution in [3.05, 3.63) is 17.7 Å². The van der Waals surface area contributed by atoms with Gasteiger partial charge in [0.25, 0.3) is 0 Å². The standard InChI is InChI=1S/C11H9F8N3O3/c1-25-6(23)5(22-8(24)10(14,15)16)2-4-3-20-7(21-4)9(12,13)11(17,18)19/h3,5H,2H2,1H3,(H,20,21)(H,22,24). The lowest BCUT2D eigenvalue weighted by atomic mass is 10.1. The van der Waals surface area contributed by atoms with E-state index in [0.717, 1.165) is 7.11 Å². The van der Waals surface area contributed by atoms with Gasteiger partial charge in [-0.3, -0.25) is 4.79 Å². The largest absolute Gasteiger partial charge is 0.471 e. The van der Waals surface area contributed by atoms with Crippen LogP contribution in [-0.4, -0.2) is 47.3 Å². The number of alkyl halides is 8. The van der Waals surface area contributed by atoms with Gasteiger partial charge in [0.1, 0.15) is 6.04 Å². The molecule has 14 heteroatoms. The summed E-state index contributed by atoms with van der Waals surface area (Å²) in [6.45, 7) is 0. The lowest BCUT2D eigenvalue weighted by Crippen LogP contribution is -2.48. The van der Waals surface area contributed by atoms with Crippen LogP contribution in [0.4, 0.5) is 35.1 Å². The number of nitrogens with zero attached hydrogens (tertiary/aromatic N) is 1. The normalized spacial score (nSPS) is 14.1. The van der Waals surface area contributed by atoms with Crippen LogP contribution in [0.3, 0.4) is 0 Å². The first-order chi connectivity index (χ1) is 11.2. The van der Waals surface area contributed by atoms with Crippen LogP contribution in [0, 0.1) is 0 Å². The van der Waals surface area contributed by atoms with Gasteiger partial charge in [-0.1, -0.05) is 0 Å². The summed E-state index contributed by atoms with van der Waals surface area (Å²) in [5.41, 5.74) is -0.559. The van der Waals surface area contributed by atoms with Crippen LogP contribution in [0.1, 0.15) is 11.5 Å². The number of hydrogen-bond donors (Lipinski definition) is 2. The third kappa shape index (κ3) is 4.79. The second-order valence-corrected chi connectivity index (χ2v) is 4.58. The quantitative estimate of drug-likeness (QED) is 0.600. The maximum Gasteiger partial charge on any atom is 0.471 e. The number of aromatic amines is 1. The van der Waals surface area contributed by atoms with Gasteiger partial charge in [-0.25, -0.2) is 9.78 Å². The van der Waals surface area contributed by atoms with Crippen molar-refractivity contribution < 1.29 is 49.4 Å². The molecule has 0 saturated heterocycles. The first kappa shape index (κ1) is 20.6. The molecule has 0 bridgehead atoms. The van der Waals surface area contributed by atoms with Crippen molar-refractivity contribution in [1.29, 1.82) is 0 Å². The Balaban J connectivity index is 3.00. The SMILES string of the molecule is COC(=O)C(Cc1cnc(C(F)(F)C(F)(F)F)[nH]1)NC(=O)C(F)(F)F. The number of H-pyrrole nitrogens is 1. The van der Waals surface area contributed by atoms with E-state index < -0.39 is 54.1 Å². The van der Waals surface area contributed by atoms with Crippen molar-refractivity contribution >= 4 is 11.9 Å². The molecule has 2 N–H and O–H groups in total. The highest BCUT2D eigenvalue weighted by Gasteiger charge is 2.61. The van der Waals surface area contributed by atoms with Crippen LogP contribution in [-0.2, 0) is 26.7 Å². The summed E-state index contributed by atoms with van der Waals surface area (Å²) in [5, 5.41) is 1.24. The summed E-state index contributed by atoms with van der Waals surface area (Å²) in [6.07, 6.45) is -11.7. The minimum Gasteiger partial charge on any atom is -0.467 e. The van der Waals surface area contributed by atoms with Crippen molar-refractivity contribution in [2.24, 2.45) is 0 Å². The molecule has 1 atom stereocenters. The van der Waals surface area contributed by atoms with Crippen LogP contribution in [0.5, 0.6) is 0 Å². The van der Waals surface area contributed by atoms with Gasteiger partial charge in [0.05, 0.1) is 7.11 Å². The van der Waals surface area contributed by atoms with E-state index >= 15 is 0 Å². The molecule has 1 rings (SSSR count). The first-order valence-corrected chi connectivity index (χ1v) is 6.14. The lowest BCUT2D eigenvalue weighted by molar-refractivity contribution is -0.292. The molecule has 6 nitrogen and oxygen atoms in total. The molecule has 25 heavy (non-hydrogen) atoms. The molecule has 0 aliphatic carbocycles. The molecule has 1 heterocycles. The van der Waals surface area contributed by atoms with Gasteiger partial charge in [0.2, 0.25) is 0 Å². The Labute approximate surface area is 133 Å². The van der Waals surface area contributed by atoms with Crippen LogP contribution in [0.2, 0.25) is 0 Å². The van der Waals surface area contributed by atoms with Gasteiger partial charge < -0.3 is 15.0 Å². The number of nitrogens with one attached hydrogen (secondary N) is 2. The minimum absolute atomic E-state index is 0.463. The Morgan fingerprint density at radius 2 is 1.76 bits per heavy atom. The van der Waals surface area contributed by atoms with Gasteiger partial charge in [-0.2, -0.15) is 35.1 Å². The van der Waals surface area contributed by atoms with E-state index in [1.807, 2.05) is 0 Å². The van der Waals surface area contributed by atoms with E-state index in [2.05, 4.69) is 9.72 Å².